The highest BCUT2D eigenvalue weighted by Crippen LogP contribution is 2.49. The number of methoxy groups -OCH3 is 1. The van der Waals surface area contributed by atoms with Crippen LogP contribution in [0.3, 0.4) is 0 Å². The molecule has 1 aromatic rings. The molecule has 3 atom stereocenters. The van der Waals surface area contributed by atoms with Gasteiger partial charge in [-0.15, -0.1) is 0 Å². The average molecular weight is 693 g/mol. The molecule has 0 bridgehead atoms. The first-order valence-electron chi connectivity index (χ1n) is 18.4. The molecule has 1 aliphatic rings. The smallest absolute Gasteiger partial charge is 0.201 e. The summed E-state index contributed by atoms with van der Waals surface area (Å²) in [5.41, 5.74) is 4.27. The van der Waals surface area contributed by atoms with Crippen molar-refractivity contribution in [3.63, 3.8) is 0 Å². The number of hydrogen-bond acceptors (Lipinski definition) is 6. The van der Waals surface area contributed by atoms with Crippen molar-refractivity contribution < 1.29 is 27.8 Å². The fourth-order valence-electron chi connectivity index (χ4n) is 8.93. The van der Waals surface area contributed by atoms with Gasteiger partial charge in [-0.25, -0.2) is 0 Å². The fourth-order valence-corrected chi connectivity index (χ4v) is 19.9. The molecule has 272 valence electrons. The van der Waals surface area contributed by atoms with Gasteiger partial charge in [0.2, 0.25) is 8.32 Å². The topological polar surface area (TPSA) is 55.4 Å². The van der Waals surface area contributed by atoms with E-state index in [1.807, 2.05) is 12.1 Å². The largest absolute Gasteiger partial charge is 0.497 e. The molecule has 1 saturated heterocycles. The Morgan fingerprint density at radius 3 is 1.68 bits per heavy atom. The highest BCUT2D eigenvalue weighted by atomic mass is 28.4. The Labute approximate surface area is 291 Å². The second kappa shape index (κ2) is 18.3. The summed E-state index contributed by atoms with van der Waals surface area (Å²) in [5, 5.41) is 0. The van der Waals surface area contributed by atoms with Crippen LogP contribution in [0.25, 0.3) is 0 Å². The second-order valence-electron chi connectivity index (χ2n) is 15.8. The maximum absolute atomic E-state index is 7.83. The molecule has 1 fully saturated rings. The van der Waals surface area contributed by atoms with Crippen LogP contribution < -0.4 is 4.74 Å². The highest BCUT2D eigenvalue weighted by Gasteiger charge is 2.55. The normalized spacial score (nSPS) is 18.3. The van der Waals surface area contributed by atoms with Crippen LogP contribution in [0.15, 0.2) is 35.9 Å². The van der Waals surface area contributed by atoms with Gasteiger partial charge in [0, 0.05) is 0 Å². The summed E-state index contributed by atoms with van der Waals surface area (Å²) in [4.78, 5) is 0. The van der Waals surface area contributed by atoms with Crippen LogP contribution in [0.2, 0.25) is 33.2 Å². The predicted molar refractivity (Wildman–Crippen MR) is 202 cm³/mol. The predicted octanol–water partition coefficient (Wildman–Crippen LogP) is 11.1. The van der Waals surface area contributed by atoms with Crippen molar-refractivity contribution in [1.82, 2.24) is 0 Å². The van der Waals surface area contributed by atoms with Crippen molar-refractivity contribution in [3.8, 4) is 5.75 Å². The van der Waals surface area contributed by atoms with Gasteiger partial charge in [-0.2, -0.15) is 0 Å². The Bertz CT molecular complexity index is 1030. The minimum atomic E-state index is -2.39. The van der Waals surface area contributed by atoms with Gasteiger partial charge in [-0.05, 0) is 71.2 Å². The molecule has 2 rings (SSSR count). The summed E-state index contributed by atoms with van der Waals surface area (Å²) < 4.78 is 40.8. The molecule has 47 heavy (non-hydrogen) atoms. The van der Waals surface area contributed by atoms with Crippen LogP contribution in [-0.4, -0.2) is 62.1 Å². The molecule has 0 aromatic heterocycles. The molecule has 6 nitrogen and oxygen atoms in total. The highest BCUT2D eigenvalue weighted by molar-refractivity contribution is 6.78. The Balaban J connectivity index is 2.87. The van der Waals surface area contributed by atoms with Gasteiger partial charge in [-0.3, -0.25) is 0 Å². The Hall–Kier alpha value is -1.01. The van der Waals surface area contributed by atoms with Gasteiger partial charge in [0.25, 0.3) is 0 Å². The van der Waals surface area contributed by atoms with Crippen molar-refractivity contribution in [2.24, 2.45) is 5.41 Å². The van der Waals surface area contributed by atoms with Gasteiger partial charge in [0.1, 0.15) is 5.75 Å². The molecular formula is C39H72O6Si2. The first kappa shape index (κ1) is 42.2. The van der Waals surface area contributed by atoms with E-state index in [9.17, 15) is 0 Å². The molecule has 8 heteroatoms. The van der Waals surface area contributed by atoms with Gasteiger partial charge >= 0.3 is 0 Å². The van der Waals surface area contributed by atoms with E-state index in [0.717, 1.165) is 17.7 Å². The van der Waals surface area contributed by atoms with E-state index >= 15 is 0 Å². The molecule has 1 aromatic carbocycles. The van der Waals surface area contributed by atoms with Crippen LogP contribution in [0.4, 0.5) is 0 Å². The van der Waals surface area contributed by atoms with Crippen LogP contribution in [0.1, 0.15) is 116 Å². The SMILES string of the molecule is CC/C=C(\C)C(C)(C1OCCO1)[C@@H](OCc1ccc(OC)cc1)[C@@H](CO[Si](C(C)C)(C(C)C)C(C)C)O[Si](C(C)C)(C(C)C)C(C)C. The number of ether oxygens (including phenoxy) is 4. The van der Waals surface area contributed by atoms with Gasteiger partial charge in [0.15, 0.2) is 14.6 Å². The lowest BCUT2D eigenvalue weighted by atomic mass is 9.74. The van der Waals surface area contributed by atoms with E-state index in [-0.39, 0.29) is 6.10 Å². The lowest BCUT2D eigenvalue weighted by Gasteiger charge is -2.51. The summed E-state index contributed by atoms with van der Waals surface area (Å²) in [6.07, 6.45) is 2.05. The Morgan fingerprint density at radius 1 is 0.809 bits per heavy atom. The summed E-state index contributed by atoms with van der Waals surface area (Å²) in [7, 11) is -2.92. The van der Waals surface area contributed by atoms with Crippen LogP contribution >= 0.6 is 0 Å². The van der Waals surface area contributed by atoms with Crippen molar-refractivity contribution in [2.75, 3.05) is 26.9 Å². The van der Waals surface area contributed by atoms with Gasteiger partial charge < -0.3 is 27.8 Å². The lowest BCUT2D eigenvalue weighted by Crippen LogP contribution is -2.60. The molecule has 0 saturated carbocycles. The third-order valence-corrected chi connectivity index (χ3v) is 23.5. The number of hydrogen-bond donors (Lipinski definition) is 0. The molecule has 0 amide bonds. The first-order chi connectivity index (χ1) is 22.0. The van der Waals surface area contributed by atoms with E-state index in [0.29, 0.717) is 59.7 Å². The maximum Gasteiger partial charge on any atom is 0.201 e. The van der Waals surface area contributed by atoms with Gasteiger partial charge in [0.05, 0.1) is 51.2 Å². The van der Waals surface area contributed by atoms with E-state index in [4.69, 9.17) is 27.8 Å². The van der Waals surface area contributed by atoms with Crippen molar-refractivity contribution in [3.05, 3.63) is 41.5 Å². The molecule has 0 spiro atoms. The number of benzene rings is 1. The minimum absolute atomic E-state index is 0.326. The van der Waals surface area contributed by atoms with Crippen LogP contribution in [0.5, 0.6) is 5.75 Å². The quantitative estimate of drug-likeness (QED) is 0.100. The zero-order chi connectivity index (χ0) is 35.7. The van der Waals surface area contributed by atoms with Gasteiger partial charge in [-0.1, -0.05) is 114 Å². The first-order valence-corrected chi connectivity index (χ1v) is 22.7. The molecule has 1 heterocycles. The Morgan fingerprint density at radius 2 is 1.28 bits per heavy atom. The van der Waals surface area contributed by atoms with Crippen molar-refractivity contribution in [2.45, 2.75) is 169 Å². The maximum atomic E-state index is 7.83. The zero-order valence-electron chi connectivity index (χ0n) is 33.1. The third-order valence-electron chi connectivity index (χ3n) is 11.3. The third kappa shape index (κ3) is 9.22. The van der Waals surface area contributed by atoms with E-state index < -0.39 is 34.4 Å². The fraction of sp³-hybridized carbons (Fsp3) is 0.795. The van der Waals surface area contributed by atoms with E-state index in [1.165, 1.54) is 5.57 Å². The molecule has 1 aliphatic heterocycles. The van der Waals surface area contributed by atoms with Crippen molar-refractivity contribution in [1.29, 1.82) is 0 Å². The monoisotopic (exact) mass is 692 g/mol. The van der Waals surface area contributed by atoms with E-state index in [2.05, 4.69) is 122 Å². The lowest BCUT2D eigenvalue weighted by molar-refractivity contribution is -0.193. The van der Waals surface area contributed by atoms with E-state index in [1.54, 1.807) is 7.11 Å². The molecular weight excluding hydrogens is 621 g/mol. The summed E-state index contributed by atoms with van der Waals surface area (Å²) >= 11 is 0. The second-order valence-corrected chi connectivity index (χ2v) is 26.7. The molecule has 1 unspecified atom stereocenters. The number of allylic oxidation sites excluding steroid dienone is 1. The average Bonchev–Trinajstić information content (AvgIpc) is 3.54. The molecule has 0 aliphatic carbocycles. The zero-order valence-corrected chi connectivity index (χ0v) is 35.1. The minimum Gasteiger partial charge on any atom is -0.497 e. The summed E-state index contributed by atoms with van der Waals surface area (Å²) in [5.74, 6) is 0.832. The Kier molecular flexibility index (Phi) is 16.4. The number of rotatable bonds is 20. The molecule has 0 N–H and O–H groups in total. The standard InChI is InChI=1S/C39H72O6Si2/c1-17-18-33(14)39(15,38-41-23-24-42-38)37(43-25-34-19-21-35(40-16)22-20-34)36(45-47(30(8)9,31(10)11)32(12)13)26-44-46(27(2)3,28(4)5)29(6)7/h18-22,27-32,36-38H,17,23-26H2,1-16H3/b33-18+/t36-,37+,39?/m1/s1. The summed E-state index contributed by atoms with van der Waals surface area (Å²) in [6.45, 7) is 37.0. The van der Waals surface area contributed by atoms with Crippen LogP contribution in [-0.2, 0) is 29.7 Å². The molecule has 0 radical (unpaired) electrons. The van der Waals surface area contributed by atoms with Crippen LogP contribution in [0, 0.1) is 5.41 Å². The van der Waals surface area contributed by atoms with Crippen molar-refractivity contribution >= 4 is 16.6 Å². The summed E-state index contributed by atoms with van der Waals surface area (Å²) in [6, 6.07) is 8.16.